The highest BCUT2D eigenvalue weighted by Gasteiger charge is 2.22. The molecule has 1 aromatic rings. The number of guanidine groups is 1. The molecule has 0 amide bonds. The Morgan fingerprint density at radius 1 is 1.45 bits per heavy atom. The van der Waals surface area contributed by atoms with Gasteiger partial charge in [0.25, 0.3) is 0 Å². The summed E-state index contributed by atoms with van der Waals surface area (Å²) >= 11 is 1.73. The molecule has 22 heavy (non-hydrogen) atoms. The summed E-state index contributed by atoms with van der Waals surface area (Å²) in [6, 6.07) is 0.638. The minimum atomic E-state index is 0. The molecule has 2 heterocycles. The highest BCUT2D eigenvalue weighted by Crippen LogP contribution is 2.15. The molecule has 0 aromatic carbocycles. The monoisotopic (exact) mass is 437 g/mol. The van der Waals surface area contributed by atoms with Gasteiger partial charge in [0.05, 0.1) is 17.2 Å². The molecule has 0 bridgehead atoms. The fourth-order valence-corrected chi connectivity index (χ4v) is 3.49. The van der Waals surface area contributed by atoms with Crippen LogP contribution in [-0.4, -0.2) is 48.6 Å². The van der Waals surface area contributed by atoms with E-state index in [0.717, 1.165) is 37.7 Å². The molecule has 2 rings (SSSR count). The van der Waals surface area contributed by atoms with Gasteiger partial charge in [0.2, 0.25) is 0 Å². The van der Waals surface area contributed by atoms with Crippen LogP contribution in [0.4, 0.5) is 0 Å². The van der Waals surface area contributed by atoms with Crippen molar-refractivity contribution < 1.29 is 0 Å². The van der Waals surface area contributed by atoms with Crippen molar-refractivity contribution >= 4 is 41.3 Å². The minimum Gasteiger partial charge on any atom is -0.355 e. The van der Waals surface area contributed by atoms with Gasteiger partial charge in [-0.15, -0.1) is 35.3 Å². The Labute approximate surface area is 155 Å². The molecule has 0 saturated carbocycles. The standard InChI is InChI=1S/C15H27N5S.HI/c1-4-14-19-12(11-21-14)9-17-15(16-3)18-10-13-7-6-8-20(13)5-2;/h11,13H,4-10H2,1-3H3,(H2,16,17,18);1H. The lowest BCUT2D eigenvalue weighted by Gasteiger charge is -2.23. The van der Waals surface area contributed by atoms with E-state index in [1.54, 1.807) is 11.3 Å². The zero-order chi connectivity index (χ0) is 15.1. The summed E-state index contributed by atoms with van der Waals surface area (Å²) in [4.78, 5) is 11.4. The average molecular weight is 437 g/mol. The maximum atomic E-state index is 4.56. The number of likely N-dealkylation sites (N-methyl/N-ethyl adjacent to an activating group) is 1. The molecular formula is C15H28IN5S. The van der Waals surface area contributed by atoms with Crippen molar-refractivity contribution in [2.75, 3.05) is 26.7 Å². The van der Waals surface area contributed by atoms with Gasteiger partial charge in [0.15, 0.2) is 5.96 Å². The third-order valence-corrected chi connectivity index (χ3v) is 5.01. The van der Waals surface area contributed by atoms with E-state index in [4.69, 9.17) is 0 Å². The zero-order valence-corrected chi connectivity index (χ0v) is 16.9. The van der Waals surface area contributed by atoms with Gasteiger partial charge in [-0.05, 0) is 32.4 Å². The topological polar surface area (TPSA) is 52.6 Å². The largest absolute Gasteiger partial charge is 0.355 e. The SMILES string of the molecule is CCc1nc(CNC(=NC)NCC2CCCN2CC)cs1.I. The van der Waals surface area contributed by atoms with Gasteiger partial charge in [-0.25, -0.2) is 4.98 Å². The van der Waals surface area contributed by atoms with Crippen molar-refractivity contribution in [3.8, 4) is 0 Å². The summed E-state index contributed by atoms with van der Waals surface area (Å²) in [7, 11) is 1.82. The molecule has 1 aliphatic heterocycles. The lowest BCUT2D eigenvalue weighted by molar-refractivity contribution is 0.267. The molecule has 1 unspecified atom stereocenters. The predicted octanol–water partition coefficient (Wildman–Crippen LogP) is 2.47. The number of likely N-dealkylation sites (tertiary alicyclic amines) is 1. The molecule has 5 nitrogen and oxygen atoms in total. The number of thiazole rings is 1. The Kier molecular flexibility index (Phi) is 9.27. The Morgan fingerprint density at radius 2 is 2.27 bits per heavy atom. The highest BCUT2D eigenvalue weighted by atomic mass is 127. The summed E-state index contributed by atoms with van der Waals surface area (Å²) in [5.74, 6) is 0.865. The second-order valence-electron chi connectivity index (χ2n) is 5.32. The van der Waals surface area contributed by atoms with E-state index in [9.17, 15) is 0 Å². The fraction of sp³-hybridized carbons (Fsp3) is 0.733. The number of rotatable bonds is 6. The number of aryl methyl sites for hydroxylation is 1. The smallest absolute Gasteiger partial charge is 0.191 e. The van der Waals surface area contributed by atoms with Gasteiger partial charge in [0.1, 0.15) is 0 Å². The third kappa shape index (κ3) is 5.66. The van der Waals surface area contributed by atoms with Crippen LogP contribution in [0.3, 0.4) is 0 Å². The van der Waals surface area contributed by atoms with Gasteiger partial charge in [0, 0.05) is 25.0 Å². The first-order chi connectivity index (χ1) is 10.3. The van der Waals surface area contributed by atoms with E-state index < -0.39 is 0 Å². The summed E-state index contributed by atoms with van der Waals surface area (Å²) in [5, 5.41) is 10.1. The summed E-state index contributed by atoms with van der Waals surface area (Å²) < 4.78 is 0. The molecule has 1 atom stereocenters. The molecule has 7 heteroatoms. The molecule has 1 aliphatic rings. The molecular weight excluding hydrogens is 409 g/mol. The van der Waals surface area contributed by atoms with Crippen LogP contribution in [0.1, 0.15) is 37.4 Å². The quantitative estimate of drug-likeness (QED) is 0.408. The number of aliphatic imine (C=N–C) groups is 1. The van der Waals surface area contributed by atoms with Crippen molar-refractivity contribution in [1.82, 2.24) is 20.5 Å². The maximum Gasteiger partial charge on any atom is 0.191 e. The van der Waals surface area contributed by atoms with E-state index in [0.29, 0.717) is 6.04 Å². The molecule has 1 aromatic heterocycles. The average Bonchev–Trinajstić information content (AvgIpc) is 3.15. The van der Waals surface area contributed by atoms with Crippen molar-refractivity contribution in [3.05, 3.63) is 16.1 Å². The van der Waals surface area contributed by atoms with E-state index in [1.165, 1.54) is 24.4 Å². The first kappa shape index (κ1) is 19.6. The summed E-state index contributed by atoms with van der Waals surface area (Å²) in [6.07, 6.45) is 3.60. The first-order valence-electron chi connectivity index (χ1n) is 7.88. The lowest BCUT2D eigenvalue weighted by atomic mass is 10.2. The summed E-state index contributed by atoms with van der Waals surface area (Å²) in [5.41, 5.74) is 1.09. The van der Waals surface area contributed by atoms with Crippen LogP contribution < -0.4 is 10.6 Å². The van der Waals surface area contributed by atoms with Crippen LogP contribution in [0, 0.1) is 0 Å². The second-order valence-corrected chi connectivity index (χ2v) is 6.26. The molecule has 2 N–H and O–H groups in total. The van der Waals surface area contributed by atoms with Crippen LogP contribution in [0.25, 0.3) is 0 Å². The Hall–Kier alpha value is -0.410. The van der Waals surface area contributed by atoms with E-state index >= 15 is 0 Å². The molecule has 1 fully saturated rings. The van der Waals surface area contributed by atoms with E-state index in [-0.39, 0.29) is 24.0 Å². The predicted molar refractivity (Wildman–Crippen MR) is 105 cm³/mol. The van der Waals surface area contributed by atoms with Crippen molar-refractivity contribution in [2.24, 2.45) is 4.99 Å². The minimum absolute atomic E-state index is 0. The van der Waals surface area contributed by atoms with Crippen LogP contribution in [-0.2, 0) is 13.0 Å². The number of halogens is 1. The maximum absolute atomic E-state index is 4.56. The summed E-state index contributed by atoms with van der Waals surface area (Å²) in [6.45, 7) is 8.43. The molecule has 126 valence electrons. The highest BCUT2D eigenvalue weighted by molar-refractivity contribution is 14.0. The number of aromatic nitrogens is 1. The van der Waals surface area contributed by atoms with Crippen molar-refractivity contribution in [3.63, 3.8) is 0 Å². The van der Waals surface area contributed by atoms with Crippen molar-refractivity contribution in [2.45, 2.75) is 45.7 Å². The number of hydrogen-bond acceptors (Lipinski definition) is 4. The Balaban J connectivity index is 0.00000242. The van der Waals surface area contributed by atoms with Gasteiger partial charge in [-0.1, -0.05) is 13.8 Å². The number of nitrogens with zero attached hydrogens (tertiary/aromatic N) is 3. The molecule has 0 spiro atoms. The van der Waals surface area contributed by atoms with Gasteiger partial charge in [-0.2, -0.15) is 0 Å². The fourth-order valence-electron chi connectivity index (χ4n) is 2.74. The zero-order valence-electron chi connectivity index (χ0n) is 13.8. The third-order valence-electron chi connectivity index (χ3n) is 3.97. The van der Waals surface area contributed by atoms with Gasteiger partial charge < -0.3 is 10.6 Å². The lowest BCUT2D eigenvalue weighted by Crippen LogP contribution is -2.44. The molecule has 0 aliphatic carbocycles. The van der Waals surface area contributed by atoms with E-state index in [2.05, 4.69) is 44.7 Å². The number of hydrogen-bond donors (Lipinski definition) is 2. The normalized spacial score (nSPS) is 19.0. The Morgan fingerprint density at radius 3 is 2.91 bits per heavy atom. The molecule has 0 radical (unpaired) electrons. The van der Waals surface area contributed by atoms with E-state index in [1.807, 2.05) is 7.05 Å². The Bertz CT molecular complexity index is 463. The molecule has 1 saturated heterocycles. The van der Waals surface area contributed by atoms with Crippen LogP contribution in [0.2, 0.25) is 0 Å². The van der Waals surface area contributed by atoms with Crippen molar-refractivity contribution in [1.29, 1.82) is 0 Å². The second kappa shape index (κ2) is 10.4. The van der Waals surface area contributed by atoms with Crippen LogP contribution >= 0.6 is 35.3 Å². The van der Waals surface area contributed by atoms with Crippen LogP contribution in [0.5, 0.6) is 0 Å². The van der Waals surface area contributed by atoms with Crippen LogP contribution in [0.15, 0.2) is 10.4 Å². The first-order valence-corrected chi connectivity index (χ1v) is 8.76. The number of nitrogens with one attached hydrogen (secondary N) is 2. The van der Waals surface area contributed by atoms with Gasteiger partial charge in [-0.3, -0.25) is 9.89 Å². The van der Waals surface area contributed by atoms with Gasteiger partial charge >= 0.3 is 0 Å².